The zero-order valence-corrected chi connectivity index (χ0v) is 15.3. The molecule has 0 saturated heterocycles. The van der Waals surface area contributed by atoms with Crippen molar-refractivity contribution in [3.8, 4) is 23.0 Å². The summed E-state index contributed by atoms with van der Waals surface area (Å²) in [4.78, 5) is 0. The molecule has 0 spiro atoms. The van der Waals surface area contributed by atoms with Crippen LogP contribution in [0.2, 0.25) is 0 Å². The molecule has 0 saturated carbocycles. The van der Waals surface area contributed by atoms with Crippen LogP contribution in [0, 0.1) is 0 Å². The Morgan fingerprint density at radius 2 is 0.552 bits per heavy atom. The molecule has 148 valence electrons. The minimum Gasteiger partial charge on any atom is -0.466 e. The molecule has 0 aromatic heterocycles. The van der Waals surface area contributed by atoms with Gasteiger partial charge in [0.25, 0.3) is 0 Å². The van der Waals surface area contributed by atoms with Crippen molar-refractivity contribution in [1.29, 1.82) is 0 Å². The fourth-order valence-electron chi connectivity index (χ4n) is 2.02. The van der Waals surface area contributed by atoms with Gasteiger partial charge in [0.05, 0.1) is 0 Å². The molecule has 2 aromatic carbocycles. The predicted molar refractivity (Wildman–Crippen MR) is 104 cm³/mol. The van der Waals surface area contributed by atoms with Gasteiger partial charge in [-0.25, -0.2) is 0 Å². The first-order valence-electron chi connectivity index (χ1n) is 8.49. The van der Waals surface area contributed by atoms with Crippen LogP contribution < -0.4 is 18.9 Å². The van der Waals surface area contributed by atoms with E-state index < -0.39 is 0 Å². The van der Waals surface area contributed by atoms with E-state index in [1.54, 1.807) is 24.3 Å². The summed E-state index contributed by atoms with van der Waals surface area (Å²) in [6, 6.07) is 14.3. The smallest absolute Gasteiger partial charge is 0.169 e. The van der Waals surface area contributed by atoms with Gasteiger partial charge in [0.1, 0.15) is 62.6 Å². The first-order chi connectivity index (χ1) is 14.4. The topological polar surface area (TPSA) is 64.6 Å². The van der Waals surface area contributed by atoms with E-state index in [4.69, 9.17) is 33.2 Å². The number of benzene rings is 2. The van der Waals surface area contributed by atoms with E-state index >= 15 is 0 Å². The van der Waals surface area contributed by atoms with Gasteiger partial charge in [0.2, 0.25) is 0 Å². The lowest BCUT2D eigenvalue weighted by molar-refractivity contribution is 0.312. The van der Waals surface area contributed by atoms with Crippen molar-refractivity contribution in [2.45, 2.75) is 0 Å². The van der Waals surface area contributed by atoms with Crippen LogP contribution in [-0.2, 0) is 14.2 Å². The monoisotopic (exact) mass is 394 g/mol. The third-order valence-corrected chi connectivity index (χ3v) is 3.23. The minimum atomic E-state index is 0.497. The lowest BCUT2D eigenvalue weighted by atomic mass is 10.3. The molecule has 0 bridgehead atoms. The van der Waals surface area contributed by atoms with Gasteiger partial charge in [-0.3, -0.25) is 0 Å². The van der Waals surface area contributed by atoms with Crippen molar-refractivity contribution < 1.29 is 33.2 Å². The van der Waals surface area contributed by atoms with Gasteiger partial charge < -0.3 is 33.2 Å². The Kier molecular flexibility index (Phi) is 7.70. The van der Waals surface area contributed by atoms with Gasteiger partial charge in [-0.15, -0.1) is 0 Å². The fraction of sp³-hybridized carbons (Fsp3) is 0. The third kappa shape index (κ3) is 6.76. The van der Waals surface area contributed by atoms with Crippen LogP contribution in [0.25, 0.3) is 0 Å². The number of rotatable bonds is 0. The SMILES string of the molecule is C1=C\O/C=C\Oc2ccccc2O/C=C\Oc2ccccc2O/C=C\O/C=C\O/1. The molecule has 0 fully saturated rings. The molecule has 0 aliphatic carbocycles. The zero-order chi connectivity index (χ0) is 20.0. The lowest BCUT2D eigenvalue weighted by Gasteiger charge is -2.08. The Hall–Kier alpha value is -4.26. The predicted octanol–water partition coefficient (Wildman–Crippen LogP) is 5.32. The first kappa shape index (κ1) is 19.5. The maximum Gasteiger partial charge on any atom is 0.169 e. The highest BCUT2D eigenvalue weighted by molar-refractivity contribution is 5.41. The Morgan fingerprint density at radius 3 is 0.862 bits per heavy atom. The van der Waals surface area contributed by atoms with Gasteiger partial charge in [-0.2, -0.15) is 0 Å². The number of hydrogen-bond donors (Lipinski definition) is 0. The van der Waals surface area contributed by atoms with Gasteiger partial charge in [0, 0.05) is 0 Å². The molecule has 0 unspecified atom stereocenters. The van der Waals surface area contributed by atoms with Gasteiger partial charge >= 0.3 is 0 Å². The van der Waals surface area contributed by atoms with E-state index in [1.807, 2.05) is 24.3 Å². The number of para-hydroxylation sites is 4. The van der Waals surface area contributed by atoms with Crippen LogP contribution >= 0.6 is 0 Å². The molecule has 29 heavy (non-hydrogen) atoms. The molecular weight excluding hydrogens is 376 g/mol. The fourth-order valence-corrected chi connectivity index (χ4v) is 2.02. The Bertz CT molecular complexity index is 839. The van der Waals surface area contributed by atoms with E-state index in [0.717, 1.165) is 0 Å². The van der Waals surface area contributed by atoms with Crippen molar-refractivity contribution in [2.75, 3.05) is 0 Å². The van der Waals surface area contributed by atoms with E-state index in [2.05, 4.69) is 0 Å². The van der Waals surface area contributed by atoms with Crippen LogP contribution in [0.15, 0.2) is 111 Å². The van der Waals surface area contributed by atoms with E-state index in [0.29, 0.717) is 23.0 Å². The third-order valence-electron chi connectivity index (χ3n) is 3.23. The first-order valence-corrected chi connectivity index (χ1v) is 8.49. The quantitative estimate of drug-likeness (QED) is 0.599. The molecular formula is C22H18O7. The van der Waals surface area contributed by atoms with Crippen LogP contribution in [-0.4, -0.2) is 0 Å². The van der Waals surface area contributed by atoms with Crippen molar-refractivity contribution in [2.24, 2.45) is 0 Å². The minimum absolute atomic E-state index is 0.497. The van der Waals surface area contributed by atoms with Crippen LogP contribution in [0.4, 0.5) is 0 Å². The highest BCUT2D eigenvalue weighted by Gasteiger charge is 2.03. The summed E-state index contributed by atoms with van der Waals surface area (Å²) in [6.45, 7) is 0. The largest absolute Gasteiger partial charge is 0.466 e. The number of fused-ring (bicyclic) bond motifs is 2. The van der Waals surface area contributed by atoms with Gasteiger partial charge in [-0.1, -0.05) is 24.3 Å². The van der Waals surface area contributed by atoms with Crippen molar-refractivity contribution >= 4 is 0 Å². The highest BCUT2D eigenvalue weighted by atomic mass is 16.5. The molecule has 0 amide bonds. The molecule has 1 aliphatic heterocycles. The molecule has 0 radical (unpaired) electrons. The summed E-state index contributed by atoms with van der Waals surface area (Å²) in [5.41, 5.74) is 0. The Morgan fingerprint density at radius 1 is 0.310 bits per heavy atom. The summed E-state index contributed by atoms with van der Waals surface area (Å²) >= 11 is 0. The number of hydrogen-bond acceptors (Lipinski definition) is 7. The van der Waals surface area contributed by atoms with Crippen LogP contribution in [0.5, 0.6) is 23.0 Å². The van der Waals surface area contributed by atoms with Crippen molar-refractivity contribution in [3.63, 3.8) is 0 Å². The van der Waals surface area contributed by atoms with Gasteiger partial charge in [0.15, 0.2) is 23.0 Å². The standard InChI is InChI=1S/C22H18O7/c1-3-7-21-19(5-1)26-15-13-24-11-9-23-10-12-25-14-16-27-20-6-2-4-8-22(20)29-18-17-28-21/h1-18H/b11-9-,12-10-,15-13-,16-14-,18-17-. The summed E-state index contributed by atoms with van der Waals surface area (Å²) in [5.74, 6) is 1.99. The lowest BCUT2D eigenvalue weighted by Crippen LogP contribution is -1.92. The molecule has 1 aliphatic rings. The van der Waals surface area contributed by atoms with Crippen molar-refractivity contribution in [3.05, 3.63) is 111 Å². The second-order valence-corrected chi connectivity index (χ2v) is 5.13. The van der Waals surface area contributed by atoms with Crippen LogP contribution in [0.3, 0.4) is 0 Å². The van der Waals surface area contributed by atoms with Crippen molar-refractivity contribution in [1.82, 2.24) is 0 Å². The maximum atomic E-state index is 5.58. The molecule has 7 heteroatoms. The summed E-state index contributed by atoms with van der Waals surface area (Å²) in [6.07, 6.45) is 13.5. The Balaban J connectivity index is 1.74. The average molecular weight is 394 g/mol. The van der Waals surface area contributed by atoms with Crippen LogP contribution in [0.1, 0.15) is 0 Å². The maximum absolute atomic E-state index is 5.58. The second kappa shape index (κ2) is 11.5. The molecule has 2 aromatic rings. The summed E-state index contributed by atoms with van der Waals surface area (Å²) in [7, 11) is 0. The highest BCUT2D eigenvalue weighted by Crippen LogP contribution is 2.28. The second-order valence-electron chi connectivity index (χ2n) is 5.13. The average Bonchev–Trinajstić information content (AvgIpc) is 2.75. The normalized spacial score (nSPS) is 19.6. The van der Waals surface area contributed by atoms with E-state index in [9.17, 15) is 0 Å². The molecule has 7 nitrogen and oxygen atoms in total. The molecule has 0 atom stereocenters. The summed E-state index contributed by atoms with van der Waals surface area (Å²) < 4.78 is 37.4. The van der Waals surface area contributed by atoms with E-state index in [-0.39, 0.29) is 0 Å². The molecule has 0 N–H and O–H groups in total. The van der Waals surface area contributed by atoms with Gasteiger partial charge in [-0.05, 0) is 24.3 Å². The Labute approximate surface area is 167 Å². The number of ether oxygens (including phenoxy) is 7. The van der Waals surface area contributed by atoms with E-state index in [1.165, 1.54) is 62.6 Å². The zero-order valence-electron chi connectivity index (χ0n) is 15.3. The molecule has 1 heterocycles. The molecule has 3 rings (SSSR count). The summed E-state index contributed by atoms with van der Waals surface area (Å²) in [5, 5.41) is 0.